The van der Waals surface area contributed by atoms with Crippen LogP contribution < -0.4 is 5.32 Å². The molecule has 1 saturated carbocycles. The number of carbonyl (C=O) groups excluding carboxylic acids is 1. The normalized spacial score (nSPS) is 24.4. The zero-order valence-corrected chi connectivity index (χ0v) is 10.7. The number of aryl methyl sites for hydroxylation is 1. The molecule has 0 aliphatic heterocycles. The van der Waals surface area contributed by atoms with Crippen LogP contribution in [0.2, 0.25) is 0 Å². The van der Waals surface area contributed by atoms with Crippen molar-refractivity contribution in [2.45, 2.75) is 51.5 Å². The third-order valence-electron chi connectivity index (χ3n) is 3.63. The third-order valence-corrected chi connectivity index (χ3v) is 3.63. The molecular weight excluding hydrogens is 210 g/mol. The van der Waals surface area contributed by atoms with E-state index in [1.165, 1.54) is 24.0 Å². The second kappa shape index (κ2) is 5.35. The molecule has 92 valence electrons. The molecule has 2 nitrogen and oxygen atoms in total. The van der Waals surface area contributed by atoms with E-state index in [0.717, 1.165) is 12.8 Å². The van der Waals surface area contributed by atoms with Gasteiger partial charge in [0.15, 0.2) is 0 Å². The molecule has 0 saturated heterocycles. The van der Waals surface area contributed by atoms with Gasteiger partial charge in [0, 0.05) is 13.0 Å². The van der Waals surface area contributed by atoms with Gasteiger partial charge < -0.3 is 5.32 Å². The first kappa shape index (κ1) is 12.2. The van der Waals surface area contributed by atoms with E-state index in [9.17, 15) is 4.79 Å². The first-order chi connectivity index (χ1) is 8.15. The van der Waals surface area contributed by atoms with Crippen molar-refractivity contribution in [3.63, 3.8) is 0 Å². The van der Waals surface area contributed by atoms with E-state index < -0.39 is 0 Å². The fourth-order valence-corrected chi connectivity index (χ4v) is 2.75. The number of benzene rings is 1. The largest absolute Gasteiger partial charge is 0.354 e. The maximum Gasteiger partial charge on any atom is 0.217 e. The molecule has 1 N–H and O–H groups in total. The fourth-order valence-electron chi connectivity index (χ4n) is 2.75. The van der Waals surface area contributed by atoms with Crippen molar-refractivity contribution in [3.8, 4) is 0 Å². The maximum atomic E-state index is 11.1. The Hall–Kier alpha value is -1.31. The minimum absolute atomic E-state index is 0.0968. The highest BCUT2D eigenvalue weighted by Crippen LogP contribution is 2.32. The van der Waals surface area contributed by atoms with Gasteiger partial charge in [-0.05, 0) is 37.7 Å². The van der Waals surface area contributed by atoms with Crippen LogP contribution in [0.1, 0.15) is 49.7 Å². The summed E-state index contributed by atoms with van der Waals surface area (Å²) in [5.41, 5.74) is 2.73. The lowest BCUT2D eigenvalue weighted by atomic mass is 9.81. The molecule has 1 aliphatic carbocycles. The average molecular weight is 231 g/mol. The molecule has 17 heavy (non-hydrogen) atoms. The number of hydrogen-bond acceptors (Lipinski definition) is 1. The molecule has 1 aromatic rings. The van der Waals surface area contributed by atoms with E-state index in [2.05, 4.69) is 36.5 Å². The molecule has 2 atom stereocenters. The lowest BCUT2D eigenvalue weighted by Gasteiger charge is -2.29. The summed E-state index contributed by atoms with van der Waals surface area (Å²) in [5.74, 6) is 0.709. The molecule has 2 heteroatoms. The molecule has 0 bridgehead atoms. The first-order valence-corrected chi connectivity index (χ1v) is 6.49. The predicted molar refractivity (Wildman–Crippen MR) is 70.0 cm³/mol. The molecule has 0 radical (unpaired) electrons. The van der Waals surface area contributed by atoms with Gasteiger partial charge in [0.2, 0.25) is 5.91 Å². The second-order valence-corrected chi connectivity index (χ2v) is 5.17. The van der Waals surface area contributed by atoms with Crippen LogP contribution in [-0.4, -0.2) is 11.9 Å². The van der Waals surface area contributed by atoms with Crippen LogP contribution in [0.5, 0.6) is 0 Å². The minimum Gasteiger partial charge on any atom is -0.354 e. The lowest BCUT2D eigenvalue weighted by Crippen LogP contribution is -2.36. The monoisotopic (exact) mass is 231 g/mol. The van der Waals surface area contributed by atoms with Crippen LogP contribution in [0.25, 0.3) is 0 Å². The highest BCUT2D eigenvalue weighted by Gasteiger charge is 2.23. The Morgan fingerprint density at radius 1 is 1.24 bits per heavy atom. The van der Waals surface area contributed by atoms with Gasteiger partial charge in [-0.3, -0.25) is 4.79 Å². The SMILES string of the molecule is CC(=O)N[C@H]1CCC[C@@H](c2ccc(C)cc2)C1. The van der Waals surface area contributed by atoms with Gasteiger partial charge in [-0.25, -0.2) is 0 Å². The van der Waals surface area contributed by atoms with E-state index in [4.69, 9.17) is 0 Å². The van der Waals surface area contributed by atoms with Gasteiger partial charge in [-0.15, -0.1) is 0 Å². The lowest BCUT2D eigenvalue weighted by molar-refractivity contribution is -0.119. The van der Waals surface area contributed by atoms with Crippen molar-refractivity contribution >= 4 is 5.91 Å². The van der Waals surface area contributed by atoms with Crippen LogP contribution in [0, 0.1) is 6.92 Å². The van der Waals surface area contributed by atoms with Gasteiger partial charge >= 0.3 is 0 Å². The number of hydrogen-bond donors (Lipinski definition) is 1. The molecule has 1 fully saturated rings. The van der Waals surface area contributed by atoms with Crippen molar-refractivity contribution in [2.24, 2.45) is 0 Å². The molecule has 0 aromatic heterocycles. The second-order valence-electron chi connectivity index (χ2n) is 5.17. The van der Waals surface area contributed by atoms with E-state index in [1.807, 2.05) is 0 Å². The van der Waals surface area contributed by atoms with Crippen LogP contribution >= 0.6 is 0 Å². The highest BCUT2D eigenvalue weighted by atomic mass is 16.1. The molecule has 0 unspecified atom stereocenters. The summed E-state index contributed by atoms with van der Waals surface area (Å²) in [5, 5.41) is 3.05. The summed E-state index contributed by atoms with van der Waals surface area (Å²) < 4.78 is 0. The van der Waals surface area contributed by atoms with E-state index >= 15 is 0 Å². The maximum absolute atomic E-state index is 11.1. The molecular formula is C15H21NO. The number of nitrogens with one attached hydrogen (secondary N) is 1. The van der Waals surface area contributed by atoms with Crippen molar-refractivity contribution in [1.82, 2.24) is 5.32 Å². The van der Waals surface area contributed by atoms with Crippen molar-refractivity contribution in [2.75, 3.05) is 0 Å². The van der Waals surface area contributed by atoms with Crippen molar-refractivity contribution in [3.05, 3.63) is 35.4 Å². The van der Waals surface area contributed by atoms with Gasteiger partial charge in [0.05, 0.1) is 0 Å². The summed E-state index contributed by atoms with van der Waals surface area (Å²) in [6.45, 7) is 3.72. The highest BCUT2D eigenvalue weighted by molar-refractivity contribution is 5.73. The Bertz CT molecular complexity index is 382. The zero-order chi connectivity index (χ0) is 12.3. The summed E-state index contributed by atoms with van der Waals surface area (Å²) in [4.78, 5) is 11.1. The minimum atomic E-state index is 0.0968. The molecule has 1 aromatic carbocycles. The average Bonchev–Trinajstić information content (AvgIpc) is 2.29. The van der Waals surface area contributed by atoms with E-state index in [-0.39, 0.29) is 5.91 Å². The molecule has 0 spiro atoms. The molecule has 2 rings (SSSR count). The quantitative estimate of drug-likeness (QED) is 0.832. The molecule has 1 aliphatic rings. The standard InChI is InChI=1S/C15H21NO/c1-11-6-8-13(9-7-11)14-4-3-5-15(10-14)16-12(2)17/h6-9,14-15H,3-5,10H2,1-2H3,(H,16,17)/t14-,15+/m1/s1. The van der Waals surface area contributed by atoms with Crippen LogP contribution in [0.15, 0.2) is 24.3 Å². The molecule has 1 amide bonds. The van der Waals surface area contributed by atoms with E-state index in [1.54, 1.807) is 6.92 Å². The van der Waals surface area contributed by atoms with Crippen LogP contribution in [0.3, 0.4) is 0 Å². The zero-order valence-electron chi connectivity index (χ0n) is 10.7. The summed E-state index contributed by atoms with van der Waals surface area (Å²) in [6.07, 6.45) is 4.67. The van der Waals surface area contributed by atoms with Gasteiger partial charge in [-0.2, -0.15) is 0 Å². The number of amides is 1. The third kappa shape index (κ3) is 3.32. The van der Waals surface area contributed by atoms with Crippen LogP contribution in [-0.2, 0) is 4.79 Å². The summed E-state index contributed by atoms with van der Waals surface area (Å²) in [6, 6.07) is 9.19. The Morgan fingerprint density at radius 3 is 2.59 bits per heavy atom. The van der Waals surface area contributed by atoms with Crippen molar-refractivity contribution < 1.29 is 4.79 Å². The first-order valence-electron chi connectivity index (χ1n) is 6.49. The Kier molecular flexibility index (Phi) is 3.82. The topological polar surface area (TPSA) is 29.1 Å². The number of carbonyl (C=O) groups is 1. The van der Waals surface area contributed by atoms with Gasteiger partial charge in [0.25, 0.3) is 0 Å². The van der Waals surface area contributed by atoms with Gasteiger partial charge in [0.1, 0.15) is 0 Å². The van der Waals surface area contributed by atoms with Gasteiger partial charge in [-0.1, -0.05) is 36.2 Å². The summed E-state index contributed by atoms with van der Waals surface area (Å²) >= 11 is 0. The summed E-state index contributed by atoms with van der Waals surface area (Å²) in [7, 11) is 0. The van der Waals surface area contributed by atoms with Crippen molar-refractivity contribution in [1.29, 1.82) is 0 Å². The molecule has 0 heterocycles. The van der Waals surface area contributed by atoms with Crippen LogP contribution in [0.4, 0.5) is 0 Å². The predicted octanol–water partition coefficient (Wildman–Crippen LogP) is 3.16. The smallest absolute Gasteiger partial charge is 0.217 e. The Balaban J connectivity index is 2.01. The Labute approximate surface area is 103 Å². The van der Waals surface area contributed by atoms with E-state index in [0.29, 0.717) is 12.0 Å². The Morgan fingerprint density at radius 2 is 1.94 bits per heavy atom. The number of rotatable bonds is 2. The fraction of sp³-hybridized carbons (Fsp3) is 0.533.